The predicted octanol–water partition coefficient (Wildman–Crippen LogP) is 7.39. The number of aryl methyl sites for hydroxylation is 1. The summed E-state index contributed by atoms with van der Waals surface area (Å²) in [4.78, 5) is 19.4. The van der Waals surface area contributed by atoms with Gasteiger partial charge < -0.3 is 5.32 Å². The lowest BCUT2D eigenvalue weighted by molar-refractivity contribution is -0.114. The summed E-state index contributed by atoms with van der Waals surface area (Å²) in [5.74, 6) is 0.135. The molecule has 0 bridgehead atoms. The minimum Gasteiger partial charge on any atom is -0.326 e. The maximum absolute atomic E-state index is 11.0. The van der Waals surface area contributed by atoms with Crippen molar-refractivity contribution in [3.05, 3.63) is 66.5 Å². The number of azo groups is 2. The zero-order valence-corrected chi connectivity index (χ0v) is 18.4. The SMILES string of the molecule is CCCCCCc1ccc(N=Nc2ncc(N=Nc3ccc(NC(C)=O)cc3)cn2)cc1. The van der Waals surface area contributed by atoms with Gasteiger partial charge >= 0.3 is 0 Å². The minimum absolute atomic E-state index is 0.122. The molecule has 1 amide bonds. The van der Waals surface area contributed by atoms with Crippen LogP contribution in [-0.2, 0) is 11.2 Å². The van der Waals surface area contributed by atoms with E-state index >= 15 is 0 Å². The second kappa shape index (κ2) is 12.1. The van der Waals surface area contributed by atoms with Crippen LogP contribution < -0.4 is 5.32 Å². The third-order valence-electron chi connectivity index (χ3n) is 4.60. The number of hydrogen-bond donors (Lipinski definition) is 1. The Bertz CT molecular complexity index is 1040. The van der Waals surface area contributed by atoms with Crippen LogP contribution in [0.2, 0.25) is 0 Å². The molecule has 0 unspecified atom stereocenters. The Kier molecular flexibility index (Phi) is 8.68. The summed E-state index contributed by atoms with van der Waals surface area (Å²) < 4.78 is 0. The number of unbranched alkanes of at least 4 members (excludes halogenated alkanes) is 3. The zero-order valence-electron chi connectivity index (χ0n) is 18.4. The van der Waals surface area contributed by atoms with Crippen molar-refractivity contribution in [1.82, 2.24) is 9.97 Å². The number of anilines is 1. The second-order valence-corrected chi connectivity index (χ2v) is 7.35. The quantitative estimate of drug-likeness (QED) is 0.268. The maximum atomic E-state index is 11.0. The van der Waals surface area contributed by atoms with E-state index in [2.05, 4.69) is 54.8 Å². The van der Waals surface area contributed by atoms with Crippen LogP contribution in [0.25, 0.3) is 0 Å². The Hall–Kier alpha value is -3.81. The standard InChI is InChI=1S/C24H27N7O/c1-3-4-5-6-7-19-8-10-21(11-9-19)29-31-24-25-16-23(17-26-24)30-28-22-14-12-20(13-15-22)27-18(2)32/h8-17H,3-7H2,1-2H3,(H,27,32). The van der Waals surface area contributed by atoms with Gasteiger partial charge in [-0.1, -0.05) is 38.3 Å². The highest BCUT2D eigenvalue weighted by atomic mass is 16.1. The molecule has 3 aromatic rings. The Balaban J connectivity index is 1.52. The van der Waals surface area contributed by atoms with E-state index in [-0.39, 0.29) is 11.9 Å². The number of carbonyl (C=O) groups excluding carboxylic acids is 1. The number of benzene rings is 2. The first-order valence-corrected chi connectivity index (χ1v) is 10.7. The summed E-state index contributed by atoms with van der Waals surface area (Å²) in [6.45, 7) is 3.68. The summed E-state index contributed by atoms with van der Waals surface area (Å²) in [5.41, 5.74) is 3.93. The molecule has 8 heteroatoms. The first-order chi connectivity index (χ1) is 15.6. The molecule has 0 saturated carbocycles. The van der Waals surface area contributed by atoms with Gasteiger partial charge in [-0.25, -0.2) is 9.97 Å². The summed E-state index contributed by atoms with van der Waals surface area (Å²) in [6.07, 6.45) is 9.20. The molecule has 2 aromatic carbocycles. The lowest BCUT2D eigenvalue weighted by Gasteiger charge is -2.01. The molecular formula is C24H27N7O. The van der Waals surface area contributed by atoms with Crippen LogP contribution in [0.4, 0.5) is 28.7 Å². The van der Waals surface area contributed by atoms with Gasteiger partial charge in [0.15, 0.2) is 0 Å². The maximum Gasteiger partial charge on any atom is 0.268 e. The smallest absolute Gasteiger partial charge is 0.268 e. The third kappa shape index (κ3) is 7.79. The fourth-order valence-electron chi connectivity index (χ4n) is 2.94. The fraction of sp³-hybridized carbons (Fsp3) is 0.292. The van der Waals surface area contributed by atoms with Gasteiger partial charge in [-0.15, -0.1) is 15.3 Å². The van der Waals surface area contributed by atoms with Gasteiger partial charge in [-0.3, -0.25) is 4.79 Å². The minimum atomic E-state index is -0.122. The van der Waals surface area contributed by atoms with E-state index < -0.39 is 0 Å². The van der Waals surface area contributed by atoms with Crippen molar-refractivity contribution in [2.24, 2.45) is 20.5 Å². The van der Waals surface area contributed by atoms with Gasteiger partial charge in [0.05, 0.1) is 23.8 Å². The Morgan fingerprint density at radius 1 is 0.781 bits per heavy atom. The summed E-state index contributed by atoms with van der Waals surface area (Å²) >= 11 is 0. The van der Waals surface area contributed by atoms with Crippen molar-refractivity contribution in [2.75, 3.05) is 5.32 Å². The normalized spacial score (nSPS) is 11.3. The largest absolute Gasteiger partial charge is 0.326 e. The number of rotatable bonds is 10. The molecule has 1 aromatic heterocycles. The lowest BCUT2D eigenvalue weighted by atomic mass is 10.1. The highest BCUT2D eigenvalue weighted by Gasteiger charge is 1.99. The van der Waals surface area contributed by atoms with E-state index in [1.165, 1.54) is 50.6 Å². The van der Waals surface area contributed by atoms with E-state index in [0.29, 0.717) is 17.1 Å². The van der Waals surface area contributed by atoms with Gasteiger partial charge in [0.2, 0.25) is 5.91 Å². The summed E-state index contributed by atoms with van der Waals surface area (Å²) in [7, 11) is 0. The van der Waals surface area contributed by atoms with Crippen LogP contribution in [0.1, 0.15) is 45.1 Å². The van der Waals surface area contributed by atoms with E-state index in [1.807, 2.05) is 12.1 Å². The van der Waals surface area contributed by atoms with Gasteiger partial charge in [-0.2, -0.15) is 5.11 Å². The van der Waals surface area contributed by atoms with E-state index in [4.69, 9.17) is 0 Å². The summed E-state index contributed by atoms with van der Waals surface area (Å²) in [5, 5.41) is 19.2. The van der Waals surface area contributed by atoms with E-state index in [1.54, 1.807) is 24.3 Å². The molecule has 0 saturated heterocycles. The molecule has 32 heavy (non-hydrogen) atoms. The molecule has 8 nitrogen and oxygen atoms in total. The van der Waals surface area contributed by atoms with Crippen molar-refractivity contribution in [3.63, 3.8) is 0 Å². The number of hydrogen-bond acceptors (Lipinski definition) is 7. The monoisotopic (exact) mass is 429 g/mol. The van der Waals surface area contributed by atoms with Gasteiger partial charge in [0.25, 0.3) is 5.95 Å². The van der Waals surface area contributed by atoms with Crippen LogP contribution in [0.3, 0.4) is 0 Å². The number of amides is 1. The van der Waals surface area contributed by atoms with Gasteiger partial charge in [0, 0.05) is 12.6 Å². The van der Waals surface area contributed by atoms with Gasteiger partial charge in [0.1, 0.15) is 5.69 Å². The van der Waals surface area contributed by atoms with Crippen LogP contribution >= 0.6 is 0 Å². The number of nitrogens with one attached hydrogen (secondary N) is 1. The Morgan fingerprint density at radius 3 is 2.00 bits per heavy atom. The van der Waals surface area contributed by atoms with Crippen LogP contribution in [-0.4, -0.2) is 15.9 Å². The van der Waals surface area contributed by atoms with Crippen molar-refractivity contribution >= 4 is 34.6 Å². The Morgan fingerprint density at radius 2 is 1.38 bits per heavy atom. The molecule has 3 rings (SSSR count). The molecule has 1 heterocycles. The molecule has 0 atom stereocenters. The molecule has 0 radical (unpaired) electrons. The van der Waals surface area contributed by atoms with Crippen molar-refractivity contribution < 1.29 is 4.79 Å². The van der Waals surface area contributed by atoms with Crippen molar-refractivity contribution in [2.45, 2.75) is 46.0 Å². The predicted molar refractivity (Wildman–Crippen MR) is 125 cm³/mol. The van der Waals surface area contributed by atoms with Crippen molar-refractivity contribution in [3.8, 4) is 0 Å². The van der Waals surface area contributed by atoms with E-state index in [9.17, 15) is 4.79 Å². The average molecular weight is 430 g/mol. The Labute approximate surface area is 188 Å². The number of aromatic nitrogens is 2. The highest BCUT2D eigenvalue weighted by Crippen LogP contribution is 2.21. The summed E-state index contributed by atoms with van der Waals surface area (Å²) in [6, 6.07) is 15.1. The molecule has 0 spiro atoms. The molecule has 0 fully saturated rings. The number of carbonyl (C=O) groups is 1. The topological polar surface area (TPSA) is 104 Å². The molecule has 0 aliphatic carbocycles. The number of nitrogens with zero attached hydrogens (tertiary/aromatic N) is 6. The molecule has 0 aliphatic rings. The first kappa shape index (κ1) is 22.9. The average Bonchev–Trinajstić information content (AvgIpc) is 2.81. The van der Waals surface area contributed by atoms with Crippen LogP contribution in [0.5, 0.6) is 0 Å². The molecule has 1 N–H and O–H groups in total. The molecule has 0 aliphatic heterocycles. The second-order valence-electron chi connectivity index (χ2n) is 7.35. The van der Waals surface area contributed by atoms with Gasteiger partial charge in [-0.05, 0) is 54.8 Å². The molecular weight excluding hydrogens is 402 g/mol. The van der Waals surface area contributed by atoms with Crippen molar-refractivity contribution in [1.29, 1.82) is 0 Å². The molecule has 164 valence electrons. The first-order valence-electron chi connectivity index (χ1n) is 10.7. The fourth-order valence-corrected chi connectivity index (χ4v) is 2.94. The van der Waals surface area contributed by atoms with Crippen LogP contribution in [0, 0.1) is 0 Å². The van der Waals surface area contributed by atoms with E-state index in [0.717, 1.165) is 12.1 Å². The lowest BCUT2D eigenvalue weighted by Crippen LogP contribution is -2.04. The third-order valence-corrected chi connectivity index (χ3v) is 4.60. The van der Waals surface area contributed by atoms with Crippen LogP contribution in [0.15, 0.2) is 81.4 Å². The highest BCUT2D eigenvalue weighted by molar-refractivity contribution is 5.88. The zero-order chi connectivity index (χ0) is 22.6.